The molecule has 31 heavy (non-hydrogen) atoms. The molecule has 0 saturated carbocycles. The zero-order chi connectivity index (χ0) is 22.8. The lowest BCUT2D eigenvalue weighted by molar-refractivity contribution is -0.118. The number of sulfonamides is 1. The molecule has 1 fully saturated rings. The largest absolute Gasteiger partial charge is 0.345 e. The van der Waals surface area contributed by atoms with E-state index >= 15 is 0 Å². The Morgan fingerprint density at radius 1 is 1.19 bits per heavy atom. The van der Waals surface area contributed by atoms with Crippen LogP contribution in [-0.2, 0) is 19.6 Å². The minimum Gasteiger partial charge on any atom is -0.345 e. The molecule has 0 unspecified atom stereocenters. The van der Waals surface area contributed by atoms with Crippen LogP contribution in [0.3, 0.4) is 0 Å². The van der Waals surface area contributed by atoms with Crippen molar-refractivity contribution < 1.29 is 18.0 Å². The van der Waals surface area contributed by atoms with Gasteiger partial charge in [0.15, 0.2) is 5.13 Å². The van der Waals surface area contributed by atoms with E-state index in [2.05, 4.69) is 19.9 Å². The molecule has 11 heteroatoms. The predicted molar refractivity (Wildman–Crippen MR) is 122 cm³/mol. The van der Waals surface area contributed by atoms with E-state index in [9.17, 15) is 18.0 Å². The summed E-state index contributed by atoms with van der Waals surface area (Å²) in [6.45, 7) is 9.27. The lowest BCUT2D eigenvalue weighted by atomic mass is 10.1. The first kappa shape index (κ1) is 23.2. The molecule has 1 aromatic heterocycles. The summed E-state index contributed by atoms with van der Waals surface area (Å²) in [6.07, 6.45) is 2.51. The maximum atomic E-state index is 13.2. The third-order valence-corrected chi connectivity index (χ3v) is 7.41. The molecule has 1 saturated heterocycles. The van der Waals surface area contributed by atoms with Crippen molar-refractivity contribution >= 4 is 44.5 Å². The summed E-state index contributed by atoms with van der Waals surface area (Å²) in [4.78, 5) is 31.5. The van der Waals surface area contributed by atoms with E-state index in [1.807, 2.05) is 0 Å². The number of aromatic nitrogens is 1. The first-order valence-electron chi connectivity index (χ1n) is 9.84. The summed E-state index contributed by atoms with van der Waals surface area (Å²) in [6, 6.07) is 4.83. The molecule has 2 heterocycles. The molecular formula is C20H27N5O4S2. The molecule has 2 amide bonds. The van der Waals surface area contributed by atoms with Crippen molar-refractivity contribution in [3.05, 3.63) is 24.4 Å². The van der Waals surface area contributed by atoms with Gasteiger partial charge in [0.1, 0.15) is 0 Å². The Labute approximate surface area is 186 Å². The molecule has 0 bridgehead atoms. The lowest BCUT2D eigenvalue weighted by Gasteiger charge is -2.32. The summed E-state index contributed by atoms with van der Waals surface area (Å²) in [5, 5.41) is 3.42. The first-order valence-corrected chi connectivity index (χ1v) is 12.1. The smallest absolute Gasteiger partial charge is 0.241 e. The highest BCUT2D eigenvalue weighted by atomic mass is 32.2. The van der Waals surface area contributed by atoms with Crippen molar-refractivity contribution in [2.45, 2.75) is 38.1 Å². The van der Waals surface area contributed by atoms with Gasteiger partial charge >= 0.3 is 0 Å². The van der Waals surface area contributed by atoms with Gasteiger partial charge in [-0.2, -0.15) is 0 Å². The molecule has 9 nitrogen and oxygen atoms in total. The Morgan fingerprint density at radius 2 is 1.87 bits per heavy atom. The molecule has 0 radical (unpaired) electrons. The Kier molecular flexibility index (Phi) is 6.68. The SMILES string of the molecule is CC(=O)Nc1ccc(-c2cnc(N3CCN(C=O)CC3)s2)c(S(=O)(=O)NC(C)(C)C)c1. The average Bonchev–Trinajstić information content (AvgIpc) is 3.16. The van der Waals surface area contributed by atoms with Gasteiger partial charge in [0.2, 0.25) is 22.3 Å². The molecule has 1 aliphatic heterocycles. The average molecular weight is 466 g/mol. The maximum Gasteiger partial charge on any atom is 0.241 e. The zero-order valence-corrected chi connectivity index (χ0v) is 19.6. The van der Waals surface area contributed by atoms with Crippen LogP contribution >= 0.6 is 11.3 Å². The number of carbonyl (C=O) groups excluding carboxylic acids is 2. The highest BCUT2D eigenvalue weighted by molar-refractivity contribution is 7.89. The fraction of sp³-hybridized carbons (Fsp3) is 0.450. The van der Waals surface area contributed by atoms with Crippen molar-refractivity contribution in [1.29, 1.82) is 0 Å². The number of anilines is 2. The number of amides is 2. The molecule has 0 aliphatic carbocycles. The van der Waals surface area contributed by atoms with Crippen LogP contribution in [0, 0.1) is 0 Å². The molecule has 0 spiro atoms. The zero-order valence-electron chi connectivity index (χ0n) is 18.0. The summed E-state index contributed by atoms with van der Waals surface area (Å²) in [5.41, 5.74) is 0.249. The van der Waals surface area contributed by atoms with Crippen molar-refractivity contribution in [3.8, 4) is 10.4 Å². The van der Waals surface area contributed by atoms with Crippen LogP contribution in [0.5, 0.6) is 0 Å². The van der Waals surface area contributed by atoms with Gasteiger partial charge in [0.25, 0.3) is 0 Å². The van der Waals surface area contributed by atoms with Gasteiger partial charge in [0.05, 0.1) is 9.77 Å². The van der Waals surface area contributed by atoms with E-state index in [1.54, 1.807) is 44.0 Å². The first-order chi connectivity index (χ1) is 14.5. The van der Waals surface area contributed by atoms with Crippen molar-refractivity contribution in [1.82, 2.24) is 14.6 Å². The van der Waals surface area contributed by atoms with Crippen LogP contribution in [0.15, 0.2) is 29.3 Å². The van der Waals surface area contributed by atoms with E-state index in [0.717, 1.165) is 11.5 Å². The highest BCUT2D eigenvalue weighted by Crippen LogP contribution is 2.37. The number of benzene rings is 1. The Balaban J connectivity index is 1.98. The Hall–Kier alpha value is -2.50. The van der Waals surface area contributed by atoms with Gasteiger partial charge in [-0.1, -0.05) is 17.4 Å². The monoisotopic (exact) mass is 465 g/mol. The number of rotatable bonds is 6. The number of thiazole rings is 1. The van der Waals surface area contributed by atoms with Crippen LogP contribution in [0.4, 0.5) is 10.8 Å². The molecule has 2 aromatic rings. The predicted octanol–water partition coefficient (Wildman–Crippen LogP) is 2.12. The van der Waals surface area contributed by atoms with Crippen LogP contribution in [0.1, 0.15) is 27.7 Å². The van der Waals surface area contributed by atoms with Crippen molar-refractivity contribution in [3.63, 3.8) is 0 Å². The fourth-order valence-electron chi connectivity index (χ4n) is 3.24. The molecule has 2 N–H and O–H groups in total. The van der Waals surface area contributed by atoms with Crippen LogP contribution in [0.2, 0.25) is 0 Å². The number of carbonyl (C=O) groups is 2. The second-order valence-electron chi connectivity index (χ2n) is 8.38. The summed E-state index contributed by atoms with van der Waals surface area (Å²) in [7, 11) is -3.86. The molecule has 1 aromatic carbocycles. The standard InChI is InChI=1S/C20H27N5O4S2/c1-14(27)22-15-5-6-16(18(11-15)31(28,29)23-20(2,3)4)17-12-21-19(30-17)25-9-7-24(13-26)8-10-25/h5-6,11-13,23H,7-10H2,1-4H3,(H,22,27). The Bertz CT molecular complexity index is 1070. The van der Waals surface area contributed by atoms with E-state index in [1.165, 1.54) is 24.3 Å². The number of piperazine rings is 1. The van der Waals surface area contributed by atoms with Gasteiger partial charge < -0.3 is 15.1 Å². The number of hydrogen-bond acceptors (Lipinski definition) is 7. The summed E-state index contributed by atoms with van der Waals surface area (Å²) < 4.78 is 29.0. The maximum absolute atomic E-state index is 13.2. The minimum atomic E-state index is -3.86. The van der Waals surface area contributed by atoms with Gasteiger partial charge in [-0.3, -0.25) is 9.59 Å². The normalized spacial score (nSPS) is 15.1. The highest BCUT2D eigenvalue weighted by Gasteiger charge is 2.27. The molecule has 0 atom stereocenters. The van der Waals surface area contributed by atoms with E-state index in [4.69, 9.17) is 0 Å². The third-order valence-electron chi connectivity index (χ3n) is 4.52. The van der Waals surface area contributed by atoms with Gasteiger partial charge in [-0.25, -0.2) is 18.1 Å². The number of nitrogens with one attached hydrogen (secondary N) is 2. The molecule has 1 aliphatic rings. The number of hydrogen-bond donors (Lipinski definition) is 2. The molecular weight excluding hydrogens is 438 g/mol. The van der Waals surface area contributed by atoms with Crippen molar-refractivity contribution in [2.24, 2.45) is 0 Å². The van der Waals surface area contributed by atoms with Crippen LogP contribution in [0.25, 0.3) is 10.4 Å². The van der Waals surface area contributed by atoms with Gasteiger partial charge in [-0.05, 0) is 32.9 Å². The quantitative estimate of drug-likeness (QED) is 0.632. The van der Waals surface area contributed by atoms with Gasteiger partial charge in [-0.15, -0.1) is 0 Å². The third kappa shape index (κ3) is 5.81. The fourth-order valence-corrected chi connectivity index (χ4v) is 5.98. The summed E-state index contributed by atoms with van der Waals surface area (Å²) in [5.74, 6) is -0.283. The van der Waals surface area contributed by atoms with Crippen LogP contribution in [-0.4, -0.2) is 62.3 Å². The molecule has 168 valence electrons. The van der Waals surface area contributed by atoms with E-state index < -0.39 is 15.6 Å². The van der Waals surface area contributed by atoms with Crippen LogP contribution < -0.4 is 14.9 Å². The lowest BCUT2D eigenvalue weighted by Crippen LogP contribution is -2.45. The summed E-state index contributed by atoms with van der Waals surface area (Å²) >= 11 is 1.40. The number of nitrogens with zero attached hydrogens (tertiary/aromatic N) is 3. The van der Waals surface area contributed by atoms with Gasteiger partial charge in [0, 0.05) is 56.1 Å². The minimum absolute atomic E-state index is 0.0784. The van der Waals surface area contributed by atoms with E-state index in [0.29, 0.717) is 42.3 Å². The van der Waals surface area contributed by atoms with Crippen molar-refractivity contribution in [2.75, 3.05) is 36.4 Å². The molecule has 3 rings (SSSR count). The van der Waals surface area contributed by atoms with E-state index in [-0.39, 0.29) is 10.8 Å². The second kappa shape index (κ2) is 8.93. The second-order valence-corrected chi connectivity index (χ2v) is 11.0. The topological polar surface area (TPSA) is 112 Å². The Morgan fingerprint density at radius 3 is 2.45 bits per heavy atom.